The number of hydrogen-bond donors (Lipinski definition) is 0. The second-order valence-corrected chi connectivity index (χ2v) is 8.55. The van der Waals surface area contributed by atoms with Crippen molar-refractivity contribution in [2.24, 2.45) is 0 Å². The van der Waals surface area contributed by atoms with Crippen molar-refractivity contribution in [2.45, 2.75) is 38.4 Å². The van der Waals surface area contributed by atoms with Gasteiger partial charge in [-0.2, -0.15) is 26.3 Å². The topological polar surface area (TPSA) is 71.1 Å². The van der Waals surface area contributed by atoms with Crippen LogP contribution in [0.5, 0.6) is 11.5 Å². The molecular formula is C26H19ClF8O6. The van der Waals surface area contributed by atoms with Gasteiger partial charge in [-0.25, -0.2) is 18.4 Å². The van der Waals surface area contributed by atoms with E-state index in [0.717, 1.165) is 30.4 Å². The highest BCUT2D eigenvalue weighted by Crippen LogP contribution is 2.40. The van der Waals surface area contributed by atoms with E-state index >= 15 is 0 Å². The van der Waals surface area contributed by atoms with Crippen LogP contribution in [0.1, 0.15) is 25.0 Å². The molecule has 0 saturated carbocycles. The molecule has 0 bridgehead atoms. The van der Waals surface area contributed by atoms with Gasteiger partial charge in [0, 0.05) is 0 Å². The largest absolute Gasteiger partial charge is 0.475 e. The molecule has 0 aliphatic carbocycles. The lowest BCUT2D eigenvalue weighted by Crippen LogP contribution is -2.41. The van der Waals surface area contributed by atoms with Gasteiger partial charge in [-0.15, -0.1) is 0 Å². The highest BCUT2D eigenvalue weighted by molar-refractivity contribution is 6.31. The van der Waals surface area contributed by atoms with Gasteiger partial charge in [0.05, 0.1) is 40.5 Å². The van der Waals surface area contributed by atoms with Gasteiger partial charge in [0.25, 0.3) is 0 Å². The smallest absolute Gasteiger partial charge is 0.430 e. The maximum absolute atomic E-state index is 13.8. The Morgan fingerprint density at radius 3 is 1.71 bits per heavy atom. The normalized spacial score (nSPS) is 17.7. The molecule has 0 spiro atoms. The Kier molecular flexibility index (Phi) is 9.57. The Morgan fingerprint density at radius 1 is 0.780 bits per heavy atom. The summed E-state index contributed by atoms with van der Waals surface area (Å²) in [5.74, 6) is -4.73. The molecule has 2 heterocycles. The molecule has 15 heteroatoms. The summed E-state index contributed by atoms with van der Waals surface area (Å²) in [6, 6.07) is 5.68. The van der Waals surface area contributed by atoms with E-state index < -0.39 is 59.3 Å². The summed E-state index contributed by atoms with van der Waals surface area (Å²) in [7, 11) is 0. The number of alkyl halides is 6. The minimum absolute atomic E-state index is 0.0924. The zero-order valence-electron chi connectivity index (χ0n) is 21.0. The quantitative estimate of drug-likeness (QED) is 0.277. The minimum atomic E-state index is -4.84. The number of hydrogen-bond acceptors (Lipinski definition) is 6. The summed E-state index contributed by atoms with van der Waals surface area (Å²) in [4.78, 5) is 23.2. The number of fused-ring (bicyclic) bond motifs is 2. The molecule has 41 heavy (non-hydrogen) atoms. The summed E-state index contributed by atoms with van der Waals surface area (Å²) in [5, 5.41) is -0.290. The number of ether oxygens (including phenoxy) is 4. The van der Waals surface area contributed by atoms with Crippen molar-refractivity contribution in [1.82, 2.24) is 0 Å². The predicted molar refractivity (Wildman–Crippen MR) is 128 cm³/mol. The molecule has 0 fully saturated rings. The molecule has 2 atom stereocenters. The molecule has 0 radical (unpaired) electrons. The molecule has 0 saturated heterocycles. The molecule has 0 amide bonds. The van der Waals surface area contributed by atoms with Crippen LogP contribution in [0.15, 0.2) is 41.5 Å². The molecule has 6 nitrogen and oxygen atoms in total. The summed E-state index contributed by atoms with van der Waals surface area (Å²) in [5.41, 5.74) is -2.10. The Hall–Kier alpha value is -3.81. The summed E-state index contributed by atoms with van der Waals surface area (Å²) >= 11 is 5.56. The van der Waals surface area contributed by atoms with Crippen LogP contribution in [0.3, 0.4) is 0 Å². The van der Waals surface area contributed by atoms with E-state index in [9.17, 15) is 44.7 Å². The monoisotopic (exact) mass is 614 g/mol. The van der Waals surface area contributed by atoms with Crippen LogP contribution in [-0.4, -0.2) is 49.7 Å². The first-order valence-electron chi connectivity index (χ1n) is 11.6. The fraction of sp³-hybridized carbons (Fsp3) is 0.308. The lowest BCUT2D eigenvalue weighted by Gasteiger charge is -2.28. The van der Waals surface area contributed by atoms with Crippen molar-refractivity contribution in [3.05, 3.63) is 69.3 Å². The van der Waals surface area contributed by atoms with Gasteiger partial charge in [0.15, 0.2) is 5.82 Å². The van der Waals surface area contributed by atoms with Crippen molar-refractivity contribution in [3.63, 3.8) is 0 Å². The average Bonchev–Trinajstić information content (AvgIpc) is 2.89. The number of esters is 2. The van der Waals surface area contributed by atoms with Crippen molar-refractivity contribution in [3.8, 4) is 11.5 Å². The van der Waals surface area contributed by atoms with E-state index in [1.807, 2.05) is 0 Å². The Balaban J connectivity index is 0.000000226. The molecule has 222 valence electrons. The van der Waals surface area contributed by atoms with Gasteiger partial charge in [0.2, 0.25) is 12.2 Å². The molecule has 2 aliphatic heterocycles. The van der Waals surface area contributed by atoms with Gasteiger partial charge >= 0.3 is 24.3 Å². The van der Waals surface area contributed by atoms with E-state index in [1.165, 1.54) is 26.0 Å². The first-order chi connectivity index (χ1) is 19.1. The Labute approximate surface area is 232 Å². The van der Waals surface area contributed by atoms with Crippen LogP contribution in [-0.2, 0) is 19.1 Å². The van der Waals surface area contributed by atoms with Gasteiger partial charge in [0.1, 0.15) is 17.3 Å². The number of carbonyl (C=O) groups is 2. The number of halogens is 9. The second kappa shape index (κ2) is 12.4. The summed E-state index contributed by atoms with van der Waals surface area (Å²) in [6.45, 7) is 2.69. The lowest BCUT2D eigenvalue weighted by atomic mass is 10.0. The molecule has 0 N–H and O–H groups in total. The fourth-order valence-electron chi connectivity index (χ4n) is 3.64. The lowest BCUT2D eigenvalue weighted by molar-refractivity contribution is -0.188. The van der Waals surface area contributed by atoms with E-state index in [2.05, 4.69) is 9.47 Å². The van der Waals surface area contributed by atoms with E-state index in [0.29, 0.717) is 0 Å². The van der Waals surface area contributed by atoms with Crippen molar-refractivity contribution in [2.75, 3.05) is 13.2 Å². The maximum Gasteiger partial charge on any atom is 0.430 e. The van der Waals surface area contributed by atoms with Crippen LogP contribution < -0.4 is 9.47 Å². The van der Waals surface area contributed by atoms with Crippen LogP contribution >= 0.6 is 11.6 Å². The van der Waals surface area contributed by atoms with E-state index in [-0.39, 0.29) is 40.9 Å². The van der Waals surface area contributed by atoms with Crippen LogP contribution in [0, 0.1) is 11.6 Å². The SMILES string of the molecule is CCOC(=O)C1=Cc2c(F)cccc2OC1C(F)(F)F.CCOC(=O)C1=Cc2c(ccc(Cl)c2F)OC1C(F)(F)F. The summed E-state index contributed by atoms with van der Waals surface area (Å²) in [6.07, 6.45) is -13.0. The number of carbonyl (C=O) groups excluding carboxylic acids is 2. The number of benzene rings is 2. The third-order valence-electron chi connectivity index (χ3n) is 5.38. The highest BCUT2D eigenvalue weighted by Gasteiger charge is 2.50. The van der Waals surface area contributed by atoms with Crippen molar-refractivity contribution >= 4 is 35.7 Å². The van der Waals surface area contributed by atoms with Gasteiger partial charge in [-0.05, 0) is 50.3 Å². The van der Waals surface area contributed by atoms with E-state index in [1.54, 1.807) is 0 Å². The van der Waals surface area contributed by atoms with Gasteiger partial charge in [-0.3, -0.25) is 0 Å². The van der Waals surface area contributed by atoms with Crippen molar-refractivity contribution < 1.29 is 63.7 Å². The molecule has 0 aromatic heterocycles. The van der Waals surface area contributed by atoms with Crippen molar-refractivity contribution in [1.29, 1.82) is 0 Å². The molecule has 2 unspecified atom stereocenters. The molecule has 2 aromatic carbocycles. The summed E-state index contributed by atoms with van der Waals surface area (Å²) < 4.78 is 124. The first-order valence-corrected chi connectivity index (χ1v) is 12.0. The van der Waals surface area contributed by atoms with Gasteiger partial charge < -0.3 is 18.9 Å². The first kappa shape index (κ1) is 31.7. The van der Waals surface area contributed by atoms with E-state index in [4.69, 9.17) is 21.1 Å². The minimum Gasteiger partial charge on any atom is -0.475 e. The third kappa shape index (κ3) is 7.10. The van der Waals surface area contributed by atoms with Gasteiger partial charge in [-0.1, -0.05) is 17.7 Å². The fourth-order valence-corrected chi connectivity index (χ4v) is 3.80. The predicted octanol–water partition coefficient (Wildman–Crippen LogP) is 6.84. The standard InChI is InChI=1S/C13H9ClF4O3.C13H10F4O3/c1-2-20-12(19)7-5-6-9(4-3-8(14)10(6)15)21-11(7)13(16,17)18;1-2-19-12(18)8-6-7-9(14)4-3-5-10(7)20-11(8)13(15,16)17/h3-5,11H,2H2,1H3;3-6,11H,2H2,1H3. The number of rotatable bonds is 4. The zero-order valence-corrected chi connectivity index (χ0v) is 21.7. The Bertz CT molecular complexity index is 1380. The second-order valence-electron chi connectivity index (χ2n) is 8.14. The highest BCUT2D eigenvalue weighted by atomic mass is 35.5. The molecule has 2 aromatic rings. The zero-order chi connectivity index (χ0) is 30.7. The molecular weight excluding hydrogens is 596 g/mol. The molecule has 2 aliphatic rings. The maximum atomic E-state index is 13.8. The third-order valence-corrected chi connectivity index (χ3v) is 5.67. The molecule has 4 rings (SSSR count). The van der Waals surface area contributed by atoms with Crippen LogP contribution in [0.2, 0.25) is 5.02 Å². The Morgan fingerprint density at radius 2 is 1.24 bits per heavy atom. The average molecular weight is 615 g/mol. The van der Waals surface area contributed by atoms with Crippen LogP contribution in [0.4, 0.5) is 35.1 Å². The van der Waals surface area contributed by atoms with Crippen LogP contribution in [0.25, 0.3) is 12.2 Å².